The largest absolute Gasteiger partial charge is 0.490 e. The van der Waals surface area contributed by atoms with Gasteiger partial charge in [-0.3, -0.25) is 4.68 Å². The van der Waals surface area contributed by atoms with E-state index in [9.17, 15) is 0 Å². The van der Waals surface area contributed by atoms with E-state index in [1.54, 1.807) is 17.1 Å². The van der Waals surface area contributed by atoms with Gasteiger partial charge in [0.2, 0.25) is 5.82 Å². The molecule has 0 unspecified atom stereocenters. The second kappa shape index (κ2) is 6.32. The predicted octanol–water partition coefficient (Wildman–Crippen LogP) is 1.75. The van der Waals surface area contributed by atoms with Crippen LogP contribution in [0, 0.1) is 0 Å². The molecule has 8 nitrogen and oxygen atoms in total. The second-order valence-electron chi connectivity index (χ2n) is 5.35. The van der Waals surface area contributed by atoms with Crippen LogP contribution in [0.1, 0.15) is 6.42 Å². The van der Waals surface area contributed by atoms with E-state index in [1.165, 1.54) is 0 Å². The average Bonchev–Trinajstić information content (AvgIpc) is 3.19. The fourth-order valence-electron chi connectivity index (χ4n) is 2.46. The lowest BCUT2D eigenvalue weighted by atomic mass is 10.2. The van der Waals surface area contributed by atoms with Gasteiger partial charge in [-0.2, -0.15) is 10.1 Å². The van der Waals surface area contributed by atoms with E-state index in [0.717, 1.165) is 23.3 Å². The molecule has 24 heavy (non-hydrogen) atoms. The second-order valence-corrected chi connectivity index (χ2v) is 5.35. The van der Waals surface area contributed by atoms with E-state index in [1.807, 2.05) is 18.2 Å². The average molecular weight is 328 g/mol. The van der Waals surface area contributed by atoms with Crippen LogP contribution in [-0.2, 0) is 6.54 Å². The third-order valence-corrected chi connectivity index (χ3v) is 3.64. The third kappa shape index (κ3) is 2.83. The SMILES string of the molecule is OCCn1cc(-c2noc(-c3ccc4c(c3)OCCCO4)n2)cn1. The van der Waals surface area contributed by atoms with Crippen molar-refractivity contribution in [2.24, 2.45) is 0 Å². The molecule has 3 heterocycles. The minimum absolute atomic E-state index is 0.0236. The molecule has 2 aromatic heterocycles. The summed E-state index contributed by atoms with van der Waals surface area (Å²) in [7, 11) is 0. The molecule has 3 aromatic rings. The van der Waals surface area contributed by atoms with Crippen molar-refractivity contribution in [1.29, 1.82) is 0 Å². The highest BCUT2D eigenvalue weighted by atomic mass is 16.5. The number of aromatic nitrogens is 4. The highest BCUT2D eigenvalue weighted by molar-refractivity contribution is 5.62. The summed E-state index contributed by atoms with van der Waals surface area (Å²) in [6.07, 6.45) is 4.25. The molecule has 0 saturated carbocycles. The highest BCUT2D eigenvalue weighted by Gasteiger charge is 2.16. The van der Waals surface area contributed by atoms with E-state index in [4.69, 9.17) is 19.1 Å². The summed E-state index contributed by atoms with van der Waals surface area (Å²) < 4.78 is 18.3. The van der Waals surface area contributed by atoms with E-state index in [0.29, 0.717) is 37.2 Å². The van der Waals surface area contributed by atoms with Crippen LogP contribution in [0.5, 0.6) is 11.5 Å². The topological polar surface area (TPSA) is 95.4 Å². The maximum Gasteiger partial charge on any atom is 0.258 e. The minimum atomic E-state index is 0.0236. The Labute approximate surface area is 137 Å². The number of nitrogens with zero attached hydrogens (tertiary/aromatic N) is 4. The Morgan fingerprint density at radius 3 is 2.88 bits per heavy atom. The Balaban J connectivity index is 1.61. The predicted molar refractivity (Wildman–Crippen MR) is 83.6 cm³/mol. The molecule has 1 aliphatic rings. The number of benzene rings is 1. The van der Waals surface area contributed by atoms with Crippen molar-refractivity contribution < 1.29 is 19.1 Å². The van der Waals surface area contributed by atoms with Crippen LogP contribution in [0.3, 0.4) is 0 Å². The van der Waals surface area contributed by atoms with Gasteiger partial charge in [-0.25, -0.2) is 0 Å². The third-order valence-electron chi connectivity index (χ3n) is 3.64. The lowest BCUT2D eigenvalue weighted by molar-refractivity contribution is 0.269. The summed E-state index contributed by atoms with van der Waals surface area (Å²) in [6, 6.07) is 5.55. The number of hydrogen-bond acceptors (Lipinski definition) is 7. The van der Waals surface area contributed by atoms with Crippen molar-refractivity contribution in [3.63, 3.8) is 0 Å². The fourth-order valence-corrected chi connectivity index (χ4v) is 2.46. The molecule has 1 aromatic carbocycles. The number of ether oxygens (including phenoxy) is 2. The molecule has 0 amide bonds. The Kier molecular flexibility index (Phi) is 3.87. The maximum absolute atomic E-state index is 8.94. The first-order chi connectivity index (χ1) is 11.8. The van der Waals surface area contributed by atoms with Gasteiger partial charge in [0.1, 0.15) is 0 Å². The molecular weight excluding hydrogens is 312 g/mol. The van der Waals surface area contributed by atoms with E-state index < -0.39 is 0 Å². The number of hydrogen-bond donors (Lipinski definition) is 1. The molecule has 0 fully saturated rings. The lowest BCUT2D eigenvalue weighted by Crippen LogP contribution is -2.01. The first-order valence-corrected chi connectivity index (χ1v) is 7.71. The zero-order valence-corrected chi connectivity index (χ0v) is 12.9. The van der Waals surface area contributed by atoms with Gasteiger partial charge < -0.3 is 19.1 Å². The van der Waals surface area contributed by atoms with Crippen molar-refractivity contribution in [2.45, 2.75) is 13.0 Å². The molecule has 0 spiro atoms. The summed E-state index contributed by atoms with van der Waals surface area (Å²) in [4.78, 5) is 4.41. The Morgan fingerprint density at radius 2 is 2.00 bits per heavy atom. The van der Waals surface area contributed by atoms with Crippen molar-refractivity contribution in [3.8, 4) is 34.3 Å². The van der Waals surface area contributed by atoms with Gasteiger partial charge in [0, 0.05) is 18.2 Å². The molecule has 0 atom stereocenters. The van der Waals surface area contributed by atoms with Gasteiger partial charge in [-0.1, -0.05) is 5.16 Å². The first kappa shape index (κ1) is 14.7. The van der Waals surface area contributed by atoms with Crippen LogP contribution >= 0.6 is 0 Å². The zero-order valence-electron chi connectivity index (χ0n) is 12.9. The van der Waals surface area contributed by atoms with E-state index in [2.05, 4.69) is 15.2 Å². The molecule has 0 saturated heterocycles. The Morgan fingerprint density at radius 1 is 1.12 bits per heavy atom. The van der Waals surface area contributed by atoms with Gasteiger partial charge in [0.25, 0.3) is 5.89 Å². The number of rotatable bonds is 4. The molecule has 4 rings (SSSR count). The van der Waals surface area contributed by atoms with Crippen LogP contribution in [0.25, 0.3) is 22.8 Å². The van der Waals surface area contributed by atoms with Crippen LogP contribution in [0.2, 0.25) is 0 Å². The Bertz CT molecular complexity index is 842. The van der Waals surface area contributed by atoms with Crippen molar-refractivity contribution >= 4 is 0 Å². The zero-order chi connectivity index (χ0) is 16.4. The molecule has 124 valence electrons. The molecule has 0 aliphatic carbocycles. The normalized spacial score (nSPS) is 13.7. The summed E-state index contributed by atoms with van der Waals surface area (Å²) in [6.45, 7) is 1.72. The van der Waals surface area contributed by atoms with Crippen molar-refractivity contribution in [1.82, 2.24) is 19.9 Å². The summed E-state index contributed by atoms with van der Waals surface area (Å²) in [5.74, 6) is 2.25. The smallest absolute Gasteiger partial charge is 0.258 e. The van der Waals surface area contributed by atoms with Crippen LogP contribution in [0.4, 0.5) is 0 Å². The van der Waals surface area contributed by atoms with E-state index in [-0.39, 0.29) is 6.61 Å². The summed E-state index contributed by atoms with van der Waals surface area (Å²) >= 11 is 0. The van der Waals surface area contributed by atoms with Gasteiger partial charge in [-0.05, 0) is 18.2 Å². The summed E-state index contributed by atoms with van der Waals surface area (Å²) in [5, 5.41) is 17.1. The monoisotopic (exact) mass is 328 g/mol. The standard InChI is InChI=1S/C16H16N4O4/c21-5-4-20-10-12(9-17-20)15-18-16(24-19-15)11-2-3-13-14(8-11)23-7-1-6-22-13/h2-3,8-10,21H,1,4-7H2. The number of fused-ring (bicyclic) bond motifs is 1. The van der Waals surface area contributed by atoms with Crippen LogP contribution < -0.4 is 9.47 Å². The molecular formula is C16H16N4O4. The van der Waals surface area contributed by atoms with Crippen LogP contribution in [-0.4, -0.2) is 44.8 Å². The minimum Gasteiger partial charge on any atom is -0.490 e. The fraction of sp³-hybridized carbons (Fsp3) is 0.312. The van der Waals surface area contributed by atoms with Gasteiger partial charge in [0.15, 0.2) is 11.5 Å². The molecule has 8 heteroatoms. The summed E-state index contributed by atoms with van der Waals surface area (Å²) in [5.41, 5.74) is 1.49. The molecule has 0 radical (unpaired) electrons. The number of aliphatic hydroxyl groups excluding tert-OH is 1. The first-order valence-electron chi connectivity index (χ1n) is 7.71. The van der Waals surface area contributed by atoms with Gasteiger partial charge in [0.05, 0.1) is 38.1 Å². The van der Waals surface area contributed by atoms with Gasteiger partial charge in [-0.15, -0.1) is 0 Å². The maximum atomic E-state index is 8.94. The molecule has 1 aliphatic heterocycles. The van der Waals surface area contributed by atoms with Crippen LogP contribution in [0.15, 0.2) is 35.1 Å². The lowest BCUT2D eigenvalue weighted by Gasteiger charge is -2.07. The highest BCUT2D eigenvalue weighted by Crippen LogP contribution is 2.34. The quantitative estimate of drug-likeness (QED) is 0.779. The van der Waals surface area contributed by atoms with E-state index >= 15 is 0 Å². The Hall–Kier alpha value is -2.87. The number of aliphatic hydroxyl groups is 1. The molecule has 0 bridgehead atoms. The van der Waals surface area contributed by atoms with Gasteiger partial charge >= 0.3 is 0 Å². The van der Waals surface area contributed by atoms with Crippen molar-refractivity contribution in [3.05, 3.63) is 30.6 Å². The molecule has 1 N–H and O–H groups in total. The van der Waals surface area contributed by atoms with Crippen molar-refractivity contribution in [2.75, 3.05) is 19.8 Å².